The van der Waals surface area contributed by atoms with Crippen molar-refractivity contribution in [3.63, 3.8) is 0 Å². The molecule has 0 fully saturated rings. The molecule has 0 aromatic carbocycles. The summed E-state index contributed by atoms with van der Waals surface area (Å²) in [5, 5.41) is 0. The molecule has 0 saturated carbocycles. The summed E-state index contributed by atoms with van der Waals surface area (Å²) in [6.45, 7) is 1.63. The summed E-state index contributed by atoms with van der Waals surface area (Å²) in [6, 6.07) is 0. The molecule has 0 aromatic heterocycles. The van der Waals surface area contributed by atoms with Crippen LogP contribution in [0.3, 0.4) is 0 Å². The van der Waals surface area contributed by atoms with Gasteiger partial charge in [-0.15, -0.1) is 0 Å². The van der Waals surface area contributed by atoms with Crippen LogP contribution >= 0.6 is 0 Å². The highest BCUT2D eigenvalue weighted by atomic mass is 19.4. The number of halogens is 3. The van der Waals surface area contributed by atoms with Gasteiger partial charge in [-0.2, -0.15) is 13.2 Å². The van der Waals surface area contributed by atoms with E-state index in [1.807, 2.05) is 0 Å². The van der Waals surface area contributed by atoms with Crippen LogP contribution in [-0.4, -0.2) is 6.18 Å². The Hall–Kier alpha value is -0.930. The Labute approximate surface area is 63.4 Å². The summed E-state index contributed by atoms with van der Waals surface area (Å²) >= 11 is 0. The quantitative estimate of drug-likeness (QED) is 0.624. The van der Waals surface area contributed by atoms with Crippen LogP contribution in [0.15, 0.2) is 23.9 Å². The number of hydrogen-bond donors (Lipinski definition) is 1. The zero-order valence-electron chi connectivity index (χ0n) is 6.15. The van der Waals surface area contributed by atoms with Gasteiger partial charge in [0.15, 0.2) is 0 Å². The van der Waals surface area contributed by atoms with Crippen LogP contribution in [0.1, 0.15) is 13.3 Å². The first-order valence-electron chi connectivity index (χ1n) is 3.07. The van der Waals surface area contributed by atoms with Crippen molar-refractivity contribution in [1.29, 1.82) is 0 Å². The highest BCUT2D eigenvalue weighted by Gasteiger charge is 2.24. The second kappa shape index (κ2) is 4.05. The molecule has 0 heterocycles. The molecule has 0 aliphatic heterocycles. The third-order valence-electron chi connectivity index (χ3n) is 0.993. The first-order valence-corrected chi connectivity index (χ1v) is 3.07. The minimum Gasteiger partial charge on any atom is -0.404 e. The van der Waals surface area contributed by atoms with Crippen molar-refractivity contribution < 1.29 is 13.2 Å². The normalized spacial score (nSPS) is 14.4. The van der Waals surface area contributed by atoms with Crippen LogP contribution < -0.4 is 5.73 Å². The molecule has 1 nitrogen and oxygen atoms in total. The number of alkyl halides is 3. The van der Waals surface area contributed by atoms with Crippen LogP contribution in [0.2, 0.25) is 0 Å². The van der Waals surface area contributed by atoms with E-state index < -0.39 is 12.6 Å². The lowest BCUT2D eigenvalue weighted by atomic mass is 10.2. The van der Waals surface area contributed by atoms with E-state index >= 15 is 0 Å². The predicted molar refractivity (Wildman–Crippen MR) is 37.8 cm³/mol. The van der Waals surface area contributed by atoms with Crippen molar-refractivity contribution in [1.82, 2.24) is 0 Å². The molecule has 11 heavy (non-hydrogen) atoms. The highest BCUT2D eigenvalue weighted by molar-refractivity contribution is 5.14. The Kier molecular flexibility index (Phi) is 3.71. The van der Waals surface area contributed by atoms with Gasteiger partial charge in [0, 0.05) is 0 Å². The molecule has 0 unspecified atom stereocenters. The van der Waals surface area contributed by atoms with Crippen LogP contribution in [-0.2, 0) is 0 Å². The lowest BCUT2D eigenvalue weighted by molar-refractivity contribution is -0.125. The van der Waals surface area contributed by atoms with Gasteiger partial charge in [-0.1, -0.05) is 12.2 Å². The fraction of sp³-hybridized carbons (Fsp3) is 0.429. The summed E-state index contributed by atoms with van der Waals surface area (Å²) in [4.78, 5) is 0. The minimum absolute atomic E-state index is 0.620. The largest absolute Gasteiger partial charge is 0.404 e. The molecule has 0 aliphatic rings. The zero-order valence-corrected chi connectivity index (χ0v) is 6.15. The number of allylic oxidation sites excluding steroid dienone is 3. The van der Waals surface area contributed by atoms with Gasteiger partial charge < -0.3 is 5.73 Å². The van der Waals surface area contributed by atoms with E-state index in [0.29, 0.717) is 5.57 Å². The highest BCUT2D eigenvalue weighted by Crippen LogP contribution is 2.19. The summed E-state index contributed by atoms with van der Waals surface area (Å²) in [5.74, 6) is 0. The molecule has 64 valence electrons. The Balaban J connectivity index is 3.79. The molecule has 0 bridgehead atoms. The van der Waals surface area contributed by atoms with Crippen molar-refractivity contribution in [2.75, 3.05) is 0 Å². The van der Waals surface area contributed by atoms with Crippen LogP contribution in [0.5, 0.6) is 0 Å². The van der Waals surface area contributed by atoms with Crippen LogP contribution in [0.4, 0.5) is 13.2 Å². The van der Waals surface area contributed by atoms with Crippen molar-refractivity contribution in [2.45, 2.75) is 19.5 Å². The van der Waals surface area contributed by atoms with Gasteiger partial charge in [0.25, 0.3) is 0 Å². The van der Waals surface area contributed by atoms with Gasteiger partial charge in [0.2, 0.25) is 0 Å². The molecule has 2 N–H and O–H groups in total. The lowest BCUT2D eigenvalue weighted by Gasteiger charge is -1.99. The summed E-state index contributed by atoms with van der Waals surface area (Å²) < 4.78 is 34.5. The van der Waals surface area contributed by atoms with E-state index in [2.05, 4.69) is 0 Å². The van der Waals surface area contributed by atoms with E-state index in [1.165, 1.54) is 12.3 Å². The third kappa shape index (κ3) is 6.96. The first-order chi connectivity index (χ1) is 4.95. The SMILES string of the molecule is CC(/C=C\CC(F)(F)F)=C/N. The minimum atomic E-state index is -4.12. The van der Waals surface area contributed by atoms with Gasteiger partial charge in [0.1, 0.15) is 0 Å². The van der Waals surface area contributed by atoms with Crippen LogP contribution in [0, 0.1) is 0 Å². The average molecular weight is 165 g/mol. The fourth-order valence-electron chi connectivity index (χ4n) is 0.434. The summed E-state index contributed by atoms with van der Waals surface area (Å²) in [6.07, 6.45) is -1.39. The van der Waals surface area contributed by atoms with E-state index in [-0.39, 0.29) is 0 Å². The maximum atomic E-state index is 11.5. The Morgan fingerprint density at radius 2 is 2.00 bits per heavy atom. The molecule has 0 atom stereocenters. The first kappa shape index (κ1) is 10.1. The van der Waals surface area contributed by atoms with E-state index in [4.69, 9.17) is 5.73 Å². The molecule has 0 saturated heterocycles. The number of nitrogens with two attached hydrogens (primary N) is 1. The lowest BCUT2D eigenvalue weighted by Crippen LogP contribution is -2.04. The van der Waals surface area contributed by atoms with Gasteiger partial charge in [0.05, 0.1) is 6.42 Å². The average Bonchev–Trinajstić information content (AvgIpc) is 1.85. The molecular formula is C7H10F3N. The monoisotopic (exact) mass is 165 g/mol. The zero-order chi connectivity index (χ0) is 8.91. The number of hydrogen-bond acceptors (Lipinski definition) is 1. The fourth-order valence-corrected chi connectivity index (χ4v) is 0.434. The van der Waals surface area contributed by atoms with Crippen molar-refractivity contribution in [3.8, 4) is 0 Å². The molecular weight excluding hydrogens is 155 g/mol. The van der Waals surface area contributed by atoms with E-state index in [1.54, 1.807) is 6.92 Å². The Bertz CT molecular complexity index is 167. The molecule has 0 amide bonds. The number of rotatable bonds is 2. The molecule has 0 rings (SSSR count). The van der Waals surface area contributed by atoms with Crippen molar-refractivity contribution in [2.24, 2.45) is 5.73 Å². The topological polar surface area (TPSA) is 26.0 Å². The smallest absolute Gasteiger partial charge is 0.392 e. The van der Waals surface area contributed by atoms with Crippen LogP contribution in [0.25, 0.3) is 0 Å². The van der Waals surface area contributed by atoms with E-state index in [0.717, 1.165) is 6.08 Å². The third-order valence-corrected chi connectivity index (χ3v) is 0.993. The Morgan fingerprint density at radius 3 is 2.36 bits per heavy atom. The second-order valence-corrected chi connectivity index (χ2v) is 2.13. The molecule has 4 heteroatoms. The van der Waals surface area contributed by atoms with E-state index in [9.17, 15) is 13.2 Å². The summed E-state index contributed by atoms with van der Waals surface area (Å²) in [5.41, 5.74) is 5.65. The standard InChI is InChI=1S/C7H10F3N/c1-6(5-11)3-2-4-7(8,9)10/h2-3,5H,4,11H2,1H3/b3-2-,6-5-. The predicted octanol–water partition coefficient (Wildman–Crippen LogP) is 2.36. The van der Waals surface area contributed by atoms with Gasteiger partial charge in [-0.05, 0) is 18.7 Å². The second-order valence-electron chi connectivity index (χ2n) is 2.13. The molecule has 0 aromatic rings. The maximum absolute atomic E-state index is 11.5. The van der Waals surface area contributed by atoms with Gasteiger partial charge >= 0.3 is 6.18 Å². The van der Waals surface area contributed by atoms with Crippen molar-refractivity contribution in [3.05, 3.63) is 23.9 Å². The van der Waals surface area contributed by atoms with Crippen molar-refractivity contribution >= 4 is 0 Å². The Morgan fingerprint density at radius 1 is 1.45 bits per heavy atom. The van der Waals surface area contributed by atoms with Gasteiger partial charge in [-0.25, -0.2) is 0 Å². The van der Waals surface area contributed by atoms with Gasteiger partial charge in [-0.3, -0.25) is 0 Å². The molecule has 0 aliphatic carbocycles. The maximum Gasteiger partial charge on any atom is 0.392 e. The summed E-state index contributed by atoms with van der Waals surface area (Å²) in [7, 11) is 0. The molecule has 0 radical (unpaired) electrons. The molecule has 0 spiro atoms.